The third-order valence-electron chi connectivity index (χ3n) is 3.61. The smallest absolute Gasteiger partial charge is 0.185 e. The Labute approximate surface area is 133 Å². The second kappa shape index (κ2) is 6.28. The molecule has 0 unspecified atom stereocenters. The molecule has 0 saturated heterocycles. The van der Waals surface area contributed by atoms with Crippen LogP contribution in [0.15, 0.2) is 72.8 Å². The third kappa shape index (κ3) is 3.35. The molecular weight excluding hydrogens is 288 g/mol. The Bertz CT molecular complexity index is 906. The number of fused-ring (bicyclic) bond motifs is 1. The Morgan fingerprint density at radius 3 is 2.13 bits per heavy atom. The lowest BCUT2D eigenvalue weighted by Gasteiger charge is -2.02. The lowest BCUT2D eigenvalue weighted by molar-refractivity contribution is -0.255. The molecule has 112 valence electrons. The molecule has 3 heteroatoms. The van der Waals surface area contributed by atoms with Gasteiger partial charge in [-0.3, -0.25) is 4.79 Å². The standard InChI is InChI=1S/C20H14O3/c21-19(12-7-14-5-8-16(9-6-14)20(22)23)18-11-10-15-3-1-2-4-17(15)13-18/h1-13H,(H,22,23)/p-1/b12-7+. The highest BCUT2D eigenvalue weighted by Crippen LogP contribution is 2.16. The minimum absolute atomic E-state index is 0.0975. The number of hydrogen-bond acceptors (Lipinski definition) is 3. The maximum absolute atomic E-state index is 12.2. The van der Waals surface area contributed by atoms with Crippen molar-refractivity contribution in [3.05, 3.63) is 89.5 Å². The number of carbonyl (C=O) groups is 2. The summed E-state index contributed by atoms with van der Waals surface area (Å²) in [5.41, 5.74) is 1.48. The Kier molecular flexibility index (Phi) is 4.02. The highest BCUT2D eigenvalue weighted by atomic mass is 16.4. The summed E-state index contributed by atoms with van der Waals surface area (Å²) >= 11 is 0. The van der Waals surface area contributed by atoms with Gasteiger partial charge in [0, 0.05) is 5.56 Å². The maximum Gasteiger partial charge on any atom is 0.185 e. The van der Waals surface area contributed by atoms with E-state index in [9.17, 15) is 14.7 Å². The van der Waals surface area contributed by atoms with Gasteiger partial charge in [0.2, 0.25) is 0 Å². The van der Waals surface area contributed by atoms with Gasteiger partial charge in [-0.15, -0.1) is 0 Å². The van der Waals surface area contributed by atoms with Crippen LogP contribution in [0.25, 0.3) is 16.8 Å². The molecule has 3 aromatic carbocycles. The Morgan fingerprint density at radius 2 is 1.43 bits per heavy atom. The average molecular weight is 301 g/mol. The van der Waals surface area contributed by atoms with Crippen LogP contribution in [0.4, 0.5) is 0 Å². The van der Waals surface area contributed by atoms with E-state index in [-0.39, 0.29) is 11.3 Å². The predicted molar refractivity (Wildman–Crippen MR) is 88.1 cm³/mol. The van der Waals surface area contributed by atoms with Crippen molar-refractivity contribution in [1.82, 2.24) is 0 Å². The summed E-state index contributed by atoms with van der Waals surface area (Å²) in [4.78, 5) is 22.9. The van der Waals surface area contributed by atoms with Crippen LogP contribution >= 0.6 is 0 Å². The van der Waals surface area contributed by atoms with E-state index in [1.807, 2.05) is 36.4 Å². The highest BCUT2D eigenvalue weighted by molar-refractivity contribution is 6.08. The highest BCUT2D eigenvalue weighted by Gasteiger charge is 2.03. The zero-order valence-electron chi connectivity index (χ0n) is 12.2. The quantitative estimate of drug-likeness (QED) is 0.549. The second-order valence-electron chi connectivity index (χ2n) is 5.17. The minimum Gasteiger partial charge on any atom is -0.545 e. The van der Waals surface area contributed by atoms with Crippen molar-refractivity contribution in [1.29, 1.82) is 0 Å². The number of hydrogen-bond donors (Lipinski definition) is 0. The van der Waals surface area contributed by atoms with Gasteiger partial charge < -0.3 is 9.90 Å². The summed E-state index contributed by atoms with van der Waals surface area (Å²) in [5.74, 6) is -1.31. The van der Waals surface area contributed by atoms with Crippen LogP contribution in [0, 0.1) is 0 Å². The molecule has 23 heavy (non-hydrogen) atoms. The van der Waals surface area contributed by atoms with Gasteiger partial charge in [0.1, 0.15) is 0 Å². The molecule has 3 nitrogen and oxygen atoms in total. The Balaban J connectivity index is 1.80. The van der Waals surface area contributed by atoms with Crippen molar-refractivity contribution in [2.24, 2.45) is 0 Å². The zero-order valence-corrected chi connectivity index (χ0v) is 12.2. The summed E-state index contributed by atoms with van der Waals surface area (Å²) in [7, 11) is 0. The number of carboxylic acids is 1. The monoisotopic (exact) mass is 301 g/mol. The van der Waals surface area contributed by atoms with E-state index in [1.54, 1.807) is 24.3 Å². The molecule has 0 spiro atoms. The fourth-order valence-electron chi connectivity index (χ4n) is 2.34. The summed E-state index contributed by atoms with van der Waals surface area (Å²) < 4.78 is 0. The van der Waals surface area contributed by atoms with Gasteiger partial charge in [-0.2, -0.15) is 0 Å². The first-order valence-electron chi connectivity index (χ1n) is 7.16. The van der Waals surface area contributed by atoms with Crippen LogP contribution in [-0.4, -0.2) is 11.8 Å². The zero-order chi connectivity index (χ0) is 16.2. The van der Waals surface area contributed by atoms with Crippen LogP contribution in [-0.2, 0) is 0 Å². The molecule has 0 fully saturated rings. The van der Waals surface area contributed by atoms with E-state index >= 15 is 0 Å². The predicted octanol–water partition coefficient (Wildman–Crippen LogP) is 3.10. The molecule has 0 aliphatic carbocycles. The van der Waals surface area contributed by atoms with Crippen molar-refractivity contribution < 1.29 is 14.7 Å². The van der Waals surface area contributed by atoms with Gasteiger partial charge in [-0.25, -0.2) is 0 Å². The molecule has 0 aromatic heterocycles. The van der Waals surface area contributed by atoms with E-state index in [1.165, 1.54) is 18.2 Å². The Morgan fingerprint density at radius 1 is 0.783 bits per heavy atom. The van der Waals surface area contributed by atoms with Crippen LogP contribution in [0.3, 0.4) is 0 Å². The Hall–Kier alpha value is -3.20. The topological polar surface area (TPSA) is 57.2 Å². The maximum atomic E-state index is 12.2. The van der Waals surface area contributed by atoms with Crippen LogP contribution in [0.1, 0.15) is 26.3 Å². The molecule has 0 N–H and O–H groups in total. The lowest BCUT2D eigenvalue weighted by Crippen LogP contribution is -2.21. The molecule has 0 heterocycles. The van der Waals surface area contributed by atoms with Crippen molar-refractivity contribution in [3.63, 3.8) is 0 Å². The number of carbonyl (C=O) groups excluding carboxylic acids is 2. The molecule has 3 aromatic rings. The van der Waals surface area contributed by atoms with Crippen molar-refractivity contribution >= 4 is 28.6 Å². The van der Waals surface area contributed by atoms with Crippen molar-refractivity contribution in [2.45, 2.75) is 0 Å². The normalized spacial score (nSPS) is 11.0. The minimum atomic E-state index is -1.22. The van der Waals surface area contributed by atoms with Gasteiger partial charge >= 0.3 is 0 Å². The molecule has 0 saturated carbocycles. The molecule has 0 aliphatic rings. The first kappa shape index (κ1) is 14.7. The van der Waals surface area contributed by atoms with E-state index < -0.39 is 5.97 Å². The fraction of sp³-hybridized carbons (Fsp3) is 0. The largest absolute Gasteiger partial charge is 0.545 e. The fourth-order valence-corrected chi connectivity index (χ4v) is 2.34. The molecule has 0 amide bonds. The molecule has 3 rings (SSSR count). The number of allylic oxidation sites excluding steroid dienone is 1. The molecule has 0 bridgehead atoms. The third-order valence-corrected chi connectivity index (χ3v) is 3.61. The number of benzene rings is 3. The van der Waals surface area contributed by atoms with E-state index in [4.69, 9.17) is 0 Å². The van der Waals surface area contributed by atoms with Gasteiger partial charge in [-0.1, -0.05) is 66.7 Å². The first-order valence-corrected chi connectivity index (χ1v) is 7.16. The number of carboxylic acid groups (broad SMARTS) is 1. The first-order chi connectivity index (χ1) is 11.1. The van der Waals surface area contributed by atoms with Crippen molar-refractivity contribution in [2.75, 3.05) is 0 Å². The summed E-state index contributed by atoms with van der Waals surface area (Å²) in [6.45, 7) is 0. The van der Waals surface area contributed by atoms with E-state index in [0.29, 0.717) is 5.56 Å². The van der Waals surface area contributed by atoms with Gasteiger partial charge in [-0.05, 0) is 34.0 Å². The van der Waals surface area contributed by atoms with Crippen LogP contribution < -0.4 is 5.11 Å². The van der Waals surface area contributed by atoms with E-state index in [2.05, 4.69) is 0 Å². The summed E-state index contributed by atoms with van der Waals surface area (Å²) in [5, 5.41) is 12.8. The SMILES string of the molecule is O=C([O-])c1ccc(/C=C/C(=O)c2ccc3ccccc3c2)cc1. The lowest BCUT2D eigenvalue weighted by atomic mass is 10.0. The molecule has 0 radical (unpaired) electrons. The van der Waals surface area contributed by atoms with Gasteiger partial charge in [0.05, 0.1) is 5.97 Å². The number of ketones is 1. The number of aromatic carboxylic acids is 1. The summed E-state index contributed by atoms with van der Waals surface area (Å²) in [6, 6.07) is 19.6. The van der Waals surface area contributed by atoms with E-state index in [0.717, 1.165) is 16.3 Å². The second-order valence-corrected chi connectivity index (χ2v) is 5.17. The van der Waals surface area contributed by atoms with Crippen LogP contribution in [0.2, 0.25) is 0 Å². The average Bonchev–Trinajstić information content (AvgIpc) is 2.59. The summed E-state index contributed by atoms with van der Waals surface area (Å²) in [6.07, 6.45) is 3.15. The molecule has 0 aliphatic heterocycles. The van der Waals surface area contributed by atoms with Crippen molar-refractivity contribution in [3.8, 4) is 0 Å². The number of rotatable bonds is 4. The van der Waals surface area contributed by atoms with Crippen LogP contribution in [0.5, 0.6) is 0 Å². The molecule has 0 atom stereocenters. The van der Waals surface area contributed by atoms with Gasteiger partial charge in [0.15, 0.2) is 5.78 Å². The molecular formula is C20H13O3-. The van der Waals surface area contributed by atoms with Gasteiger partial charge in [0.25, 0.3) is 0 Å².